The molecule has 0 saturated carbocycles. The fourth-order valence-electron chi connectivity index (χ4n) is 3.06. The van der Waals surface area contributed by atoms with Crippen LogP contribution in [-0.4, -0.2) is 28.5 Å². The Kier molecular flexibility index (Phi) is 3.69. The minimum Gasteiger partial charge on any atom is -0.368 e. The molecule has 138 valence electrons. The van der Waals surface area contributed by atoms with E-state index in [1.165, 1.54) is 16.0 Å². The lowest BCUT2D eigenvalue weighted by molar-refractivity contribution is 0.707. The van der Waals surface area contributed by atoms with Gasteiger partial charge in [0.2, 0.25) is 17.7 Å². The Morgan fingerprint density at radius 3 is 2.44 bits per heavy atom. The average molecular weight is 366 g/mol. The van der Waals surface area contributed by atoms with E-state index in [4.69, 9.17) is 5.73 Å². The van der Waals surface area contributed by atoms with Gasteiger partial charge in [0.25, 0.3) is 5.56 Å². The summed E-state index contributed by atoms with van der Waals surface area (Å²) in [6.07, 6.45) is 0. The van der Waals surface area contributed by atoms with Gasteiger partial charge in [-0.2, -0.15) is 15.0 Å². The second kappa shape index (κ2) is 5.94. The molecule has 0 aliphatic carbocycles. The highest BCUT2D eigenvalue weighted by molar-refractivity contribution is 5.77. The minimum atomic E-state index is -0.482. The number of hydrogen-bond donors (Lipinski definition) is 2. The van der Waals surface area contributed by atoms with Gasteiger partial charge < -0.3 is 11.1 Å². The molecule has 10 heteroatoms. The predicted molar refractivity (Wildman–Crippen MR) is 102 cm³/mol. The van der Waals surface area contributed by atoms with Crippen LogP contribution >= 0.6 is 0 Å². The summed E-state index contributed by atoms with van der Waals surface area (Å²) in [5, 5.41) is 3.26. The maximum atomic E-state index is 12.7. The molecule has 0 amide bonds. The average Bonchev–Trinajstić information content (AvgIpc) is 3.05. The Labute approximate surface area is 152 Å². The van der Waals surface area contributed by atoms with E-state index in [0.29, 0.717) is 5.95 Å². The lowest BCUT2D eigenvalue weighted by Crippen LogP contribution is -2.37. The summed E-state index contributed by atoms with van der Waals surface area (Å²) in [5.74, 6) is 0.535. The first-order valence-corrected chi connectivity index (χ1v) is 8.31. The molecular weight excluding hydrogens is 348 g/mol. The van der Waals surface area contributed by atoms with Gasteiger partial charge in [-0.3, -0.25) is 13.9 Å². The molecule has 3 heterocycles. The molecule has 4 aromatic rings. The molecule has 4 rings (SSSR count). The van der Waals surface area contributed by atoms with Crippen molar-refractivity contribution in [3.05, 3.63) is 56.7 Å². The number of anilines is 2. The van der Waals surface area contributed by atoms with Gasteiger partial charge >= 0.3 is 5.69 Å². The number of aryl methyl sites for hydroxylation is 1. The second-order valence-electron chi connectivity index (χ2n) is 6.31. The van der Waals surface area contributed by atoms with Crippen molar-refractivity contribution in [3.63, 3.8) is 0 Å². The third-order valence-corrected chi connectivity index (χ3v) is 4.53. The van der Waals surface area contributed by atoms with Gasteiger partial charge in [-0.05, 0) is 12.5 Å². The Balaban J connectivity index is 2.01. The SMILES string of the molecule is CC(Nc1nc(N)nc2nc3c(c(=O)n(C)c(=O)n3C)n12)c1ccccc1. The number of benzene rings is 1. The van der Waals surface area contributed by atoms with Crippen LogP contribution in [0.25, 0.3) is 16.9 Å². The quantitative estimate of drug-likeness (QED) is 0.538. The van der Waals surface area contributed by atoms with E-state index in [9.17, 15) is 9.59 Å². The lowest BCUT2D eigenvalue weighted by atomic mass is 10.1. The number of rotatable bonds is 3. The maximum absolute atomic E-state index is 12.7. The number of nitrogens with zero attached hydrogens (tertiary/aromatic N) is 6. The molecule has 0 bridgehead atoms. The smallest absolute Gasteiger partial charge is 0.332 e. The normalized spacial score (nSPS) is 12.6. The highest BCUT2D eigenvalue weighted by Gasteiger charge is 2.20. The summed E-state index contributed by atoms with van der Waals surface area (Å²) in [6, 6.07) is 9.66. The van der Waals surface area contributed by atoms with E-state index < -0.39 is 11.2 Å². The first-order chi connectivity index (χ1) is 12.9. The minimum absolute atomic E-state index is 0.0161. The van der Waals surface area contributed by atoms with Crippen molar-refractivity contribution in [1.29, 1.82) is 0 Å². The standard InChI is InChI=1S/C17H18N8O2/c1-9(10-7-5-4-6-8-10)19-15-21-14(18)22-16-20-12-11(25(15)16)13(26)24(3)17(27)23(12)2/h4-9H,1-3H3,(H3,18,19,20,21,22). The van der Waals surface area contributed by atoms with Crippen molar-refractivity contribution in [2.24, 2.45) is 14.1 Å². The molecule has 0 saturated heterocycles. The van der Waals surface area contributed by atoms with Crippen molar-refractivity contribution >= 4 is 28.8 Å². The molecular formula is C17H18N8O2. The molecule has 3 aromatic heterocycles. The summed E-state index contributed by atoms with van der Waals surface area (Å²) >= 11 is 0. The zero-order valence-corrected chi connectivity index (χ0v) is 15.0. The van der Waals surface area contributed by atoms with Crippen molar-refractivity contribution in [2.45, 2.75) is 13.0 Å². The molecule has 10 nitrogen and oxygen atoms in total. The first kappa shape index (κ1) is 16.8. The lowest BCUT2D eigenvalue weighted by Gasteiger charge is -2.16. The molecule has 0 aliphatic heterocycles. The van der Waals surface area contributed by atoms with Gasteiger partial charge in [-0.15, -0.1) is 0 Å². The Morgan fingerprint density at radius 1 is 1.04 bits per heavy atom. The van der Waals surface area contributed by atoms with Crippen LogP contribution in [0.15, 0.2) is 39.9 Å². The fraction of sp³-hybridized carbons (Fsp3) is 0.235. The van der Waals surface area contributed by atoms with Gasteiger partial charge in [0.05, 0.1) is 6.04 Å². The largest absolute Gasteiger partial charge is 0.368 e. The first-order valence-electron chi connectivity index (χ1n) is 8.31. The number of nitrogens with one attached hydrogen (secondary N) is 1. The molecule has 0 radical (unpaired) electrons. The van der Waals surface area contributed by atoms with Gasteiger partial charge in [-0.1, -0.05) is 30.3 Å². The number of imidazole rings is 1. The van der Waals surface area contributed by atoms with Crippen LogP contribution in [0.4, 0.5) is 11.9 Å². The van der Waals surface area contributed by atoms with Crippen LogP contribution in [0.2, 0.25) is 0 Å². The molecule has 0 spiro atoms. The third kappa shape index (κ3) is 2.53. The van der Waals surface area contributed by atoms with E-state index in [1.54, 1.807) is 7.05 Å². The van der Waals surface area contributed by atoms with Crippen LogP contribution in [0.1, 0.15) is 18.5 Å². The van der Waals surface area contributed by atoms with Crippen molar-refractivity contribution in [3.8, 4) is 0 Å². The van der Waals surface area contributed by atoms with Crippen LogP contribution < -0.4 is 22.3 Å². The van der Waals surface area contributed by atoms with E-state index in [-0.39, 0.29) is 28.9 Å². The predicted octanol–water partition coefficient (Wildman–Crippen LogP) is 0.430. The highest BCUT2D eigenvalue weighted by atomic mass is 16.2. The molecule has 1 aromatic carbocycles. The van der Waals surface area contributed by atoms with E-state index in [2.05, 4.69) is 20.3 Å². The zero-order chi connectivity index (χ0) is 19.3. The molecule has 1 unspecified atom stereocenters. The van der Waals surface area contributed by atoms with Crippen molar-refractivity contribution in [1.82, 2.24) is 28.5 Å². The van der Waals surface area contributed by atoms with Gasteiger partial charge in [0.15, 0.2) is 11.2 Å². The van der Waals surface area contributed by atoms with Crippen LogP contribution in [0, 0.1) is 0 Å². The number of nitrogens with two attached hydrogens (primary N) is 1. The summed E-state index contributed by atoms with van der Waals surface area (Å²) in [6.45, 7) is 1.96. The number of fused-ring (bicyclic) bond motifs is 3. The summed E-state index contributed by atoms with van der Waals surface area (Å²) < 4.78 is 3.82. The summed E-state index contributed by atoms with van der Waals surface area (Å²) in [7, 11) is 2.97. The van der Waals surface area contributed by atoms with E-state index in [1.807, 2.05) is 37.3 Å². The third-order valence-electron chi connectivity index (χ3n) is 4.53. The van der Waals surface area contributed by atoms with Gasteiger partial charge in [0.1, 0.15) is 0 Å². The zero-order valence-electron chi connectivity index (χ0n) is 15.0. The summed E-state index contributed by atoms with van der Waals surface area (Å²) in [4.78, 5) is 37.6. The van der Waals surface area contributed by atoms with E-state index in [0.717, 1.165) is 10.1 Å². The van der Waals surface area contributed by atoms with Crippen molar-refractivity contribution < 1.29 is 0 Å². The molecule has 27 heavy (non-hydrogen) atoms. The Hall–Kier alpha value is -3.69. The monoisotopic (exact) mass is 366 g/mol. The summed E-state index contributed by atoms with van der Waals surface area (Å²) in [5.41, 5.74) is 6.34. The Bertz CT molecular complexity index is 1290. The van der Waals surface area contributed by atoms with Crippen LogP contribution in [0.5, 0.6) is 0 Å². The topological polar surface area (TPSA) is 125 Å². The van der Waals surface area contributed by atoms with Gasteiger partial charge in [0, 0.05) is 14.1 Å². The number of hydrogen-bond acceptors (Lipinski definition) is 7. The number of aromatic nitrogens is 6. The van der Waals surface area contributed by atoms with Gasteiger partial charge in [-0.25, -0.2) is 9.20 Å². The van der Waals surface area contributed by atoms with E-state index >= 15 is 0 Å². The number of nitrogen functional groups attached to an aromatic ring is 1. The molecule has 0 fully saturated rings. The fourth-order valence-corrected chi connectivity index (χ4v) is 3.06. The molecule has 1 atom stereocenters. The molecule has 0 aliphatic rings. The second-order valence-corrected chi connectivity index (χ2v) is 6.31. The van der Waals surface area contributed by atoms with Crippen LogP contribution in [0.3, 0.4) is 0 Å². The highest BCUT2D eigenvalue weighted by Crippen LogP contribution is 2.21. The maximum Gasteiger partial charge on any atom is 0.332 e. The van der Waals surface area contributed by atoms with Crippen LogP contribution in [-0.2, 0) is 14.1 Å². The molecule has 3 N–H and O–H groups in total. The Morgan fingerprint density at radius 2 is 1.74 bits per heavy atom. The van der Waals surface area contributed by atoms with Crippen molar-refractivity contribution in [2.75, 3.05) is 11.1 Å².